The van der Waals surface area contributed by atoms with Gasteiger partial charge >= 0.3 is 0 Å². The molecule has 0 radical (unpaired) electrons. The second-order valence-electron chi connectivity index (χ2n) is 5.46. The molecule has 1 aliphatic heterocycles. The molecule has 0 aliphatic carbocycles. The van der Waals surface area contributed by atoms with Crippen molar-refractivity contribution in [1.29, 1.82) is 0 Å². The van der Waals surface area contributed by atoms with E-state index < -0.39 is 0 Å². The number of nitrogens with one attached hydrogen (secondary N) is 1. The number of nitrogens with zero attached hydrogens (tertiary/aromatic N) is 1. The van der Waals surface area contributed by atoms with Crippen LogP contribution in [-0.4, -0.2) is 36.3 Å². The lowest BCUT2D eigenvalue weighted by molar-refractivity contribution is -0.127. The Labute approximate surface area is 130 Å². The molecular weight excluding hydrogens is 283 g/mol. The van der Waals surface area contributed by atoms with E-state index in [1.54, 1.807) is 12.1 Å². The lowest BCUT2D eigenvalue weighted by Gasteiger charge is -2.15. The molecule has 1 heterocycles. The molecule has 1 aromatic carbocycles. The molecule has 0 spiro atoms. The van der Waals surface area contributed by atoms with Crippen molar-refractivity contribution in [2.24, 2.45) is 0 Å². The number of carbonyl (C=O) groups is 2. The summed E-state index contributed by atoms with van der Waals surface area (Å²) in [5.41, 5.74) is 1.60. The monoisotopic (exact) mass is 304 g/mol. The Morgan fingerprint density at radius 3 is 2.73 bits per heavy atom. The molecule has 2 rings (SSSR count). The molecule has 1 aromatic rings. The standard InChI is InChI=1S/C17H21FN2O2/c1-13(14-5-7-15(18)8-6-14)12-16(21)19-9-3-11-20-10-2-4-17(20)22/h5-8,12H,2-4,9-11H2,1H3,(H,19,21). The molecule has 1 N–H and O–H groups in total. The predicted octanol–water partition coefficient (Wildman–Crippen LogP) is 2.36. The van der Waals surface area contributed by atoms with Gasteiger partial charge in [0.2, 0.25) is 11.8 Å². The van der Waals surface area contributed by atoms with Crippen LogP contribution in [0.4, 0.5) is 4.39 Å². The second kappa shape index (κ2) is 7.73. The van der Waals surface area contributed by atoms with Gasteiger partial charge in [-0.25, -0.2) is 4.39 Å². The molecule has 2 amide bonds. The van der Waals surface area contributed by atoms with Crippen molar-refractivity contribution in [3.63, 3.8) is 0 Å². The van der Waals surface area contributed by atoms with Gasteiger partial charge in [-0.1, -0.05) is 12.1 Å². The van der Waals surface area contributed by atoms with Crippen LogP contribution in [0.15, 0.2) is 30.3 Å². The quantitative estimate of drug-likeness (QED) is 0.648. The fourth-order valence-electron chi connectivity index (χ4n) is 2.47. The van der Waals surface area contributed by atoms with Gasteiger partial charge in [0.15, 0.2) is 0 Å². The van der Waals surface area contributed by atoms with E-state index in [1.165, 1.54) is 18.2 Å². The molecular formula is C17H21FN2O2. The first kappa shape index (κ1) is 16.2. The van der Waals surface area contributed by atoms with Crippen LogP contribution in [-0.2, 0) is 9.59 Å². The third-order valence-electron chi connectivity index (χ3n) is 3.72. The van der Waals surface area contributed by atoms with Gasteiger partial charge in [0.1, 0.15) is 5.82 Å². The molecule has 0 atom stereocenters. The van der Waals surface area contributed by atoms with E-state index in [9.17, 15) is 14.0 Å². The summed E-state index contributed by atoms with van der Waals surface area (Å²) in [4.78, 5) is 25.1. The molecule has 22 heavy (non-hydrogen) atoms. The number of rotatable bonds is 6. The van der Waals surface area contributed by atoms with E-state index in [-0.39, 0.29) is 17.6 Å². The maximum atomic E-state index is 12.8. The molecule has 1 aliphatic rings. The first-order valence-electron chi connectivity index (χ1n) is 7.56. The molecule has 1 saturated heterocycles. The van der Waals surface area contributed by atoms with Crippen molar-refractivity contribution in [2.75, 3.05) is 19.6 Å². The zero-order valence-electron chi connectivity index (χ0n) is 12.8. The van der Waals surface area contributed by atoms with Crippen molar-refractivity contribution in [3.05, 3.63) is 41.7 Å². The summed E-state index contributed by atoms with van der Waals surface area (Å²) < 4.78 is 12.8. The first-order chi connectivity index (χ1) is 10.6. The van der Waals surface area contributed by atoms with Crippen LogP contribution in [0.25, 0.3) is 5.57 Å². The number of hydrogen-bond donors (Lipinski definition) is 1. The molecule has 5 heteroatoms. The van der Waals surface area contributed by atoms with Gasteiger partial charge in [0, 0.05) is 32.1 Å². The lowest BCUT2D eigenvalue weighted by Crippen LogP contribution is -2.30. The van der Waals surface area contributed by atoms with E-state index in [0.717, 1.165) is 30.5 Å². The van der Waals surface area contributed by atoms with Crippen molar-refractivity contribution in [3.8, 4) is 0 Å². The minimum atomic E-state index is -0.294. The summed E-state index contributed by atoms with van der Waals surface area (Å²) in [6.07, 6.45) is 3.84. The Morgan fingerprint density at radius 1 is 1.36 bits per heavy atom. The summed E-state index contributed by atoms with van der Waals surface area (Å²) in [6, 6.07) is 6.04. The molecule has 1 fully saturated rings. The number of amides is 2. The minimum Gasteiger partial charge on any atom is -0.352 e. The van der Waals surface area contributed by atoms with Crippen LogP contribution in [0.2, 0.25) is 0 Å². The SMILES string of the molecule is CC(=CC(=O)NCCCN1CCCC1=O)c1ccc(F)cc1. The minimum absolute atomic E-state index is 0.172. The predicted molar refractivity (Wildman–Crippen MR) is 83.5 cm³/mol. The molecule has 4 nitrogen and oxygen atoms in total. The zero-order valence-corrected chi connectivity index (χ0v) is 12.8. The highest BCUT2D eigenvalue weighted by Crippen LogP contribution is 2.13. The molecule has 0 saturated carbocycles. The smallest absolute Gasteiger partial charge is 0.244 e. The maximum absolute atomic E-state index is 12.8. The fourth-order valence-corrected chi connectivity index (χ4v) is 2.47. The van der Waals surface area contributed by atoms with Crippen molar-refractivity contribution in [1.82, 2.24) is 10.2 Å². The Kier molecular flexibility index (Phi) is 5.69. The highest BCUT2D eigenvalue weighted by molar-refractivity contribution is 5.94. The van der Waals surface area contributed by atoms with E-state index >= 15 is 0 Å². The number of likely N-dealkylation sites (tertiary alicyclic amines) is 1. The summed E-state index contributed by atoms with van der Waals surface area (Å²) in [5, 5.41) is 2.81. The highest BCUT2D eigenvalue weighted by atomic mass is 19.1. The Balaban J connectivity index is 1.73. The Morgan fingerprint density at radius 2 is 2.09 bits per heavy atom. The van der Waals surface area contributed by atoms with Gasteiger partial charge in [-0.3, -0.25) is 9.59 Å². The number of carbonyl (C=O) groups excluding carboxylic acids is 2. The average Bonchev–Trinajstić information content (AvgIpc) is 2.89. The van der Waals surface area contributed by atoms with E-state index in [4.69, 9.17) is 0 Å². The third kappa shape index (κ3) is 4.69. The van der Waals surface area contributed by atoms with Crippen molar-refractivity contribution < 1.29 is 14.0 Å². The van der Waals surface area contributed by atoms with Gasteiger partial charge in [-0.2, -0.15) is 0 Å². The third-order valence-corrected chi connectivity index (χ3v) is 3.72. The largest absolute Gasteiger partial charge is 0.352 e. The summed E-state index contributed by atoms with van der Waals surface area (Å²) in [6.45, 7) is 3.88. The van der Waals surface area contributed by atoms with Crippen LogP contribution in [0.5, 0.6) is 0 Å². The van der Waals surface area contributed by atoms with Crippen LogP contribution in [0.3, 0.4) is 0 Å². The fraction of sp³-hybridized carbons (Fsp3) is 0.412. The van der Waals surface area contributed by atoms with E-state index in [1.807, 2.05) is 11.8 Å². The number of benzene rings is 1. The zero-order chi connectivity index (χ0) is 15.9. The summed E-state index contributed by atoms with van der Waals surface area (Å²) in [5.74, 6) is -0.259. The normalized spacial score (nSPS) is 15.3. The number of hydrogen-bond acceptors (Lipinski definition) is 2. The van der Waals surface area contributed by atoms with Crippen molar-refractivity contribution in [2.45, 2.75) is 26.2 Å². The van der Waals surface area contributed by atoms with Crippen molar-refractivity contribution >= 4 is 17.4 Å². The summed E-state index contributed by atoms with van der Waals surface area (Å²) >= 11 is 0. The highest BCUT2D eigenvalue weighted by Gasteiger charge is 2.18. The first-order valence-corrected chi connectivity index (χ1v) is 7.56. The second-order valence-corrected chi connectivity index (χ2v) is 5.46. The van der Waals surface area contributed by atoms with Crippen LogP contribution >= 0.6 is 0 Å². The van der Waals surface area contributed by atoms with Crippen LogP contribution in [0.1, 0.15) is 31.7 Å². The van der Waals surface area contributed by atoms with Gasteiger partial charge in [-0.05, 0) is 43.0 Å². The van der Waals surface area contributed by atoms with Gasteiger partial charge < -0.3 is 10.2 Å². The average molecular weight is 304 g/mol. The topological polar surface area (TPSA) is 49.4 Å². The van der Waals surface area contributed by atoms with Crippen LogP contribution < -0.4 is 5.32 Å². The summed E-state index contributed by atoms with van der Waals surface area (Å²) in [7, 11) is 0. The van der Waals surface area contributed by atoms with Gasteiger partial charge in [0.25, 0.3) is 0 Å². The van der Waals surface area contributed by atoms with Gasteiger partial charge in [0.05, 0.1) is 0 Å². The Hall–Kier alpha value is -2.17. The number of halogens is 1. The molecule has 0 aromatic heterocycles. The van der Waals surface area contributed by atoms with Gasteiger partial charge in [-0.15, -0.1) is 0 Å². The van der Waals surface area contributed by atoms with E-state index in [0.29, 0.717) is 19.5 Å². The lowest BCUT2D eigenvalue weighted by atomic mass is 10.1. The molecule has 0 unspecified atom stereocenters. The molecule has 118 valence electrons. The number of allylic oxidation sites excluding steroid dienone is 1. The van der Waals surface area contributed by atoms with Crippen LogP contribution in [0, 0.1) is 5.82 Å². The van der Waals surface area contributed by atoms with E-state index in [2.05, 4.69) is 5.32 Å². The Bertz CT molecular complexity index is 567. The molecule has 0 bridgehead atoms. The maximum Gasteiger partial charge on any atom is 0.244 e.